The lowest BCUT2D eigenvalue weighted by Crippen LogP contribution is -2.03. The van der Waals surface area contributed by atoms with Crippen LogP contribution in [0.3, 0.4) is 0 Å². The molecule has 0 heterocycles. The first kappa shape index (κ1) is 10.0. The molecule has 0 unspecified atom stereocenters. The monoisotopic (exact) mass is 151 g/mol. The fourth-order valence-electron chi connectivity index (χ4n) is 0.516. The van der Waals surface area contributed by atoms with Crippen LogP contribution >= 0.6 is 0 Å². The Morgan fingerprint density at radius 3 is 2.36 bits per heavy atom. The second-order valence-corrected chi connectivity index (χ2v) is 3.03. The zero-order valence-electron chi connectivity index (χ0n) is 7.59. The van der Waals surface area contributed by atoms with Gasteiger partial charge in [0.1, 0.15) is 0 Å². The molecule has 62 valence electrons. The molecular weight excluding hydrogens is 134 g/mol. The lowest BCUT2D eigenvalue weighted by atomic mass is 10.1. The van der Waals surface area contributed by atoms with Crippen molar-refractivity contribution in [1.29, 1.82) is 0 Å². The highest BCUT2D eigenvalue weighted by Crippen LogP contribution is 2.02. The summed E-state index contributed by atoms with van der Waals surface area (Å²) in [5.41, 5.74) is 7.63. The van der Waals surface area contributed by atoms with Crippen LogP contribution in [0.25, 0.3) is 0 Å². The fourth-order valence-corrected chi connectivity index (χ4v) is 0.516. The average molecular weight is 151 g/mol. The van der Waals surface area contributed by atoms with E-state index in [1.807, 2.05) is 25.2 Å². The van der Waals surface area contributed by atoms with Crippen molar-refractivity contribution >= 4 is 0 Å². The van der Waals surface area contributed by atoms with Gasteiger partial charge in [0.2, 0.25) is 0 Å². The summed E-state index contributed by atoms with van der Waals surface area (Å²) in [5, 5.41) is 0. The van der Waals surface area contributed by atoms with Gasteiger partial charge in [0, 0.05) is 5.70 Å². The zero-order valence-corrected chi connectivity index (χ0v) is 7.59. The average Bonchev–Trinajstić information content (AvgIpc) is 1.86. The van der Waals surface area contributed by atoms with Crippen molar-refractivity contribution in [3.05, 3.63) is 36.1 Å². The summed E-state index contributed by atoms with van der Waals surface area (Å²) >= 11 is 0. The molecule has 0 spiro atoms. The molecule has 0 fully saturated rings. The van der Waals surface area contributed by atoms with Crippen LogP contribution < -0.4 is 5.73 Å². The van der Waals surface area contributed by atoms with Crippen molar-refractivity contribution in [1.82, 2.24) is 0 Å². The van der Waals surface area contributed by atoms with Crippen LogP contribution in [0.15, 0.2) is 36.1 Å². The third kappa shape index (κ3) is 5.46. The molecule has 0 aromatic heterocycles. The van der Waals surface area contributed by atoms with E-state index in [0.29, 0.717) is 5.92 Å². The molecule has 0 radical (unpaired) electrons. The molecule has 1 nitrogen and oxygen atoms in total. The van der Waals surface area contributed by atoms with E-state index in [4.69, 9.17) is 5.73 Å². The molecule has 0 aliphatic heterocycles. The summed E-state index contributed by atoms with van der Waals surface area (Å²) in [4.78, 5) is 0. The maximum absolute atomic E-state index is 5.68. The fraction of sp³-hybridized carbons (Fsp3) is 0.400. The van der Waals surface area contributed by atoms with Gasteiger partial charge < -0.3 is 5.73 Å². The van der Waals surface area contributed by atoms with Crippen LogP contribution in [0.1, 0.15) is 20.8 Å². The predicted octanol–water partition coefficient (Wildman–Crippen LogP) is 2.62. The summed E-state index contributed by atoms with van der Waals surface area (Å²) in [7, 11) is 0. The molecule has 1 heteroatoms. The lowest BCUT2D eigenvalue weighted by Gasteiger charge is -2.01. The molecule has 0 saturated heterocycles. The van der Waals surface area contributed by atoms with Crippen LogP contribution in [0, 0.1) is 5.92 Å². The third-order valence-corrected chi connectivity index (χ3v) is 1.34. The van der Waals surface area contributed by atoms with E-state index < -0.39 is 0 Å². The van der Waals surface area contributed by atoms with Crippen LogP contribution in [-0.2, 0) is 0 Å². The normalized spacial score (nSPS) is 12.9. The molecule has 0 amide bonds. The Bertz CT molecular complexity index is 185. The van der Waals surface area contributed by atoms with Gasteiger partial charge in [-0.15, -0.1) is 0 Å². The van der Waals surface area contributed by atoms with Crippen molar-refractivity contribution in [3.63, 3.8) is 0 Å². The highest BCUT2D eigenvalue weighted by Gasteiger charge is 1.92. The maximum atomic E-state index is 5.68. The number of hydrogen-bond donors (Lipinski definition) is 1. The molecule has 0 aliphatic carbocycles. The molecule has 11 heavy (non-hydrogen) atoms. The van der Waals surface area contributed by atoms with Crippen LogP contribution in [0.2, 0.25) is 0 Å². The van der Waals surface area contributed by atoms with E-state index in [-0.39, 0.29) is 0 Å². The molecule has 0 rings (SSSR count). The SMILES string of the molecule is C=C(C)/C=C\C=C(/N)C(C)C. The maximum Gasteiger partial charge on any atom is 0.0106 e. The van der Waals surface area contributed by atoms with Crippen molar-refractivity contribution in [2.45, 2.75) is 20.8 Å². The summed E-state index contributed by atoms with van der Waals surface area (Å²) in [6.45, 7) is 9.83. The van der Waals surface area contributed by atoms with E-state index in [0.717, 1.165) is 11.3 Å². The van der Waals surface area contributed by atoms with Crippen molar-refractivity contribution in [3.8, 4) is 0 Å². The zero-order chi connectivity index (χ0) is 8.85. The van der Waals surface area contributed by atoms with Gasteiger partial charge in [0.15, 0.2) is 0 Å². The standard InChI is InChI=1S/C10H17N/c1-8(2)6-5-7-10(11)9(3)4/h5-7,9H,1,11H2,2-4H3/b6-5-,10-7-. The first-order chi connectivity index (χ1) is 5.04. The highest BCUT2D eigenvalue weighted by molar-refractivity contribution is 5.19. The number of rotatable bonds is 3. The molecule has 2 N–H and O–H groups in total. The summed E-state index contributed by atoms with van der Waals surface area (Å²) in [6, 6.07) is 0. The Morgan fingerprint density at radius 2 is 2.00 bits per heavy atom. The highest BCUT2D eigenvalue weighted by atomic mass is 14.6. The summed E-state index contributed by atoms with van der Waals surface area (Å²) in [5.74, 6) is 0.421. The van der Waals surface area contributed by atoms with Gasteiger partial charge >= 0.3 is 0 Å². The Labute approximate surface area is 69.3 Å². The summed E-state index contributed by atoms with van der Waals surface area (Å²) in [6.07, 6.45) is 5.78. The lowest BCUT2D eigenvalue weighted by molar-refractivity contribution is 0.757. The molecule has 0 bridgehead atoms. The minimum Gasteiger partial charge on any atom is -0.402 e. The first-order valence-corrected chi connectivity index (χ1v) is 3.83. The van der Waals surface area contributed by atoms with Crippen molar-refractivity contribution < 1.29 is 0 Å². The molecule has 0 saturated carbocycles. The van der Waals surface area contributed by atoms with Gasteiger partial charge in [-0.2, -0.15) is 0 Å². The predicted molar refractivity (Wildman–Crippen MR) is 51.1 cm³/mol. The van der Waals surface area contributed by atoms with Crippen LogP contribution in [-0.4, -0.2) is 0 Å². The van der Waals surface area contributed by atoms with E-state index in [2.05, 4.69) is 20.4 Å². The van der Waals surface area contributed by atoms with Crippen LogP contribution in [0.5, 0.6) is 0 Å². The number of hydrogen-bond acceptors (Lipinski definition) is 1. The smallest absolute Gasteiger partial charge is 0.0106 e. The van der Waals surface area contributed by atoms with Gasteiger partial charge in [-0.05, 0) is 18.9 Å². The van der Waals surface area contributed by atoms with Crippen molar-refractivity contribution in [2.24, 2.45) is 11.7 Å². The minimum atomic E-state index is 0.421. The first-order valence-electron chi connectivity index (χ1n) is 3.83. The largest absolute Gasteiger partial charge is 0.402 e. The third-order valence-electron chi connectivity index (χ3n) is 1.34. The molecule has 0 aromatic carbocycles. The van der Waals surface area contributed by atoms with Crippen molar-refractivity contribution in [2.75, 3.05) is 0 Å². The van der Waals surface area contributed by atoms with E-state index >= 15 is 0 Å². The number of allylic oxidation sites excluding steroid dienone is 5. The van der Waals surface area contributed by atoms with Gasteiger partial charge in [0.25, 0.3) is 0 Å². The van der Waals surface area contributed by atoms with Gasteiger partial charge in [-0.1, -0.05) is 38.2 Å². The topological polar surface area (TPSA) is 26.0 Å². The van der Waals surface area contributed by atoms with E-state index in [1.165, 1.54) is 0 Å². The molecule has 0 atom stereocenters. The quantitative estimate of drug-likeness (QED) is 0.616. The Kier molecular flexibility index (Phi) is 4.35. The molecule has 0 aliphatic rings. The van der Waals surface area contributed by atoms with Gasteiger partial charge in [-0.3, -0.25) is 0 Å². The second-order valence-electron chi connectivity index (χ2n) is 3.03. The van der Waals surface area contributed by atoms with E-state index in [9.17, 15) is 0 Å². The Hall–Kier alpha value is -0.980. The molecule has 0 aromatic rings. The number of nitrogens with two attached hydrogens (primary N) is 1. The van der Waals surface area contributed by atoms with Gasteiger partial charge in [0.05, 0.1) is 0 Å². The second kappa shape index (κ2) is 4.78. The van der Waals surface area contributed by atoms with Gasteiger partial charge in [-0.25, -0.2) is 0 Å². The summed E-state index contributed by atoms with van der Waals surface area (Å²) < 4.78 is 0. The van der Waals surface area contributed by atoms with Crippen LogP contribution in [0.4, 0.5) is 0 Å². The minimum absolute atomic E-state index is 0.421. The Balaban J connectivity index is 4.01. The molecular formula is C10H17N. The Morgan fingerprint density at radius 1 is 1.45 bits per heavy atom. The van der Waals surface area contributed by atoms with E-state index in [1.54, 1.807) is 0 Å².